The molecule has 1 rings (SSSR count). The molecule has 0 atom stereocenters. The molecule has 0 aliphatic rings. The van der Waals surface area contributed by atoms with E-state index in [1.54, 1.807) is 26.8 Å². The monoisotopic (exact) mass is 288 g/mol. The average Bonchev–Trinajstić information content (AvgIpc) is 2.38. The third kappa shape index (κ3) is 6.44. The predicted octanol–water partition coefficient (Wildman–Crippen LogP) is 2.96. The second kappa shape index (κ2) is 7.31. The Labute approximate surface area is 123 Å². The number of nitrogens with one attached hydrogen (secondary N) is 1. The minimum atomic E-state index is -0.561. The normalized spacial score (nSPS) is 10.0. The van der Waals surface area contributed by atoms with Gasteiger partial charge < -0.3 is 10.1 Å². The summed E-state index contributed by atoms with van der Waals surface area (Å²) in [4.78, 5) is 11.4. The van der Waals surface area contributed by atoms with Crippen molar-refractivity contribution < 1.29 is 13.9 Å². The van der Waals surface area contributed by atoms with Gasteiger partial charge in [0.2, 0.25) is 0 Å². The van der Waals surface area contributed by atoms with Gasteiger partial charge in [-0.25, -0.2) is 9.18 Å². The number of halogens is 1. The molecule has 0 radical (unpaired) electrons. The van der Waals surface area contributed by atoms with Crippen LogP contribution in [0.4, 0.5) is 9.18 Å². The lowest BCUT2D eigenvalue weighted by molar-refractivity contribution is 0.0529. The topological polar surface area (TPSA) is 62.1 Å². The van der Waals surface area contributed by atoms with Crippen LogP contribution in [0.5, 0.6) is 0 Å². The van der Waals surface area contributed by atoms with E-state index in [1.807, 2.05) is 0 Å². The molecule has 0 aliphatic carbocycles. The smallest absolute Gasteiger partial charge is 0.407 e. The van der Waals surface area contributed by atoms with Crippen molar-refractivity contribution in [2.45, 2.75) is 32.8 Å². The summed E-state index contributed by atoms with van der Waals surface area (Å²) in [6.45, 7) is 5.71. The average molecular weight is 288 g/mol. The Balaban J connectivity index is 2.44. The third-order valence-corrected chi connectivity index (χ3v) is 2.24. The van der Waals surface area contributed by atoms with Crippen LogP contribution in [0.2, 0.25) is 0 Å². The Morgan fingerprint density at radius 1 is 1.43 bits per heavy atom. The summed E-state index contributed by atoms with van der Waals surface area (Å²) in [5.41, 5.74) is -0.00343. The van der Waals surface area contributed by atoms with Crippen LogP contribution >= 0.6 is 0 Å². The summed E-state index contributed by atoms with van der Waals surface area (Å²) >= 11 is 0. The number of nitriles is 1. The number of alkyl carbamates (subject to hydrolysis) is 1. The largest absolute Gasteiger partial charge is 0.444 e. The Kier molecular flexibility index (Phi) is 5.75. The molecule has 1 amide bonds. The Morgan fingerprint density at radius 2 is 2.14 bits per heavy atom. The van der Waals surface area contributed by atoms with E-state index >= 15 is 0 Å². The van der Waals surface area contributed by atoms with Crippen LogP contribution in [-0.2, 0) is 4.74 Å². The SMILES string of the molecule is CC(C)(C)OC(=O)NCCC#Cc1ccc(F)c(C#N)c1. The van der Waals surface area contributed by atoms with Gasteiger partial charge in [0.25, 0.3) is 0 Å². The number of rotatable bonds is 2. The second-order valence-corrected chi connectivity index (χ2v) is 5.29. The Bertz CT molecular complexity index is 616. The molecule has 0 heterocycles. The predicted molar refractivity (Wildman–Crippen MR) is 76.8 cm³/mol. The van der Waals surface area contributed by atoms with Crippen LogP contribution in [0.3, 0.4) is 0 Å². The first-order valence-corrected chi connectivity index (χ1v) is 6.47. The van der Waals surface area contributed by atoms with Gasteiger partial charge in [0.1, 0.15) is 17.5 Å². The number of ether oxygens (including phenoxy) is 1. The number of hydrogen-bond acceptors (Lipinski definition) is 3. The van der Waals surface area contributed by atoms with Crippen molar-refractivity contribution in [1.82, 2.24) is 5.32 Å². The van der Waals surface area contributed by atoms with Crippen molar-refractivity contribution >= 4 is 6.09 Å². The van der Waals surface area contributed by atoms with E-state index < -0.39 is 17.5 Å². The van der Waals surface area contributed by atoms with E-state index in [-0.39, 0.29) is 5.56 Å². The lowest BCUT2D eigenvalue weighted by Crippen LogP contribution is -2.32. The van der Waals surface area contributed by atoms with Gasteiger partial charge in [-0.05, 0) is 39.0 Å². The van der Waals surface area contributed by atoms with Crippen LogP contribution in [0, 0.1) is 29.0 Å². The molecule has 0 fully saturated rings. The molecule has 0 aliphatic heterocycles. The Morgan fingerprint density at radius 3 is 2.76 bits per heavy atom. The first-order valence-electron chi connectivity index (χ1n) is 6.47. The maximum Gasteiger partial charge on any atom is 0.407 e. The summed E-state index contributed by atoms with van der Waals surface area (Å²) in [5, 5.41) is 11.3. The molecule has 0 bridgehead atoms. The van der Waals surface area contributed by atoms with E-state index in [1.165, 1.54) is 18.2 Å². The fourth-order valence-electron chi connectivity index (χ4n) is 1.39. The quantitative estimate of drug-likeness (QED) is 0.672. The highest BCUT2D eigenvalue weighted by molar-refractivity contribution is 5.67. The number of nitrogens with zero attached hydrogens (tertiary/aromatic N) is 1. The van der Waals surface area contributed by atoms with Crippen molar-refractivity contribution in [2.24, 2.45) is 0 Å². The molecule has 4 nitrogen and oxygen atoms in total. The highest BCUT2D eigenvalue weighted by Crippen LogP contribution is 2.08. The molecule has 5 heteroatoms. The minimum absolute atomic E-state index is 0.0336. The number of amides is 1. The molecular weight excluding hydrogens is 271 g/mol. The molecule has 0 aromatic heterocycles. The highest BCUT2D eigenvalue weighted by Gasteiger charge is 2.15. The van der Waals surface area contributed by atoms with Crippen LogP contribution < -0.4 is 5.32 Å². The molecule has 0 saturated carbocycles. The molecule has 0 unspecified atom stereocenters. The number of carbonyl (C=O) groups is 1. The molecule has 1 N–H and O–H groups in total. The summed E-state index contributed by atoms with van der Waals surface area (Å²) in [6.07, 6.45) is -0.0590. The zero-order valence-corrected chi connectivity index (χ0v) is 12.3. The Hall–Kier alpha value is -2.53. The summed E-state index contributed by atoms with van der Waals surface area (Å²) in [6, 6.07) is 5.86. The van der Waals surface area contributed by atoms with Gasteiger partial charge in [-0.1, -0.05) is 11.8 Å². The standard InChI is InChI=1S/C16H17FN2O2/c1-16(2,3)21-15(20)19-9-5-4-6-12-7-8-14(17)13(10-12)11-18/h7-8,10H,5,9H2,1-3H3,(H,19,20). The van der Waals surface area contributed by atoms with Crippen molar-refractivity contribution in [2.75, 3.05) is 6.54 Å². The van der Waals surface area contributed by atoms with Crippen LogP contribution in [-0.4, -0.2) is 18.2 Å². The molecule has 0 spiro atoms. The maximum absolute atomic E-state index is 13.1. The van der Waals surface area contributed by atoms with Crippen molar-refractivity contribution in [3.63, 3.8) is 0 Å². The first-order chi connectivity index (χ1) is 9.81. The van der Waals surface area contributed by atoms with Crippen molar-refractivity contribution in [1.29, 1.82) is 5.26 Å². The van der Waals surface area contributed by atoms with Crippen LogP contribution in [0.25, 0.3) is 0 Å². The first kappa shape index (κ1) is 16.5. The van der Waals surface area contributed by atoms with Crippen LogP contribution in [0.1, 0.15) is 38.3 Å². The van der Waals surface area contributed by atoms with E-state index in [0.717, 1.165) is 0 Å². The highest BCUT2D eigenvalue weighted by atomic mass is 19.1. The summed E-state index contributed by atoms with van der Waals surface area (Å²) in [7, 11) is 0. The minimum Gasteiger partial charge on any atom is -0.444 e. The molecule has 1 aromatic carbocycles. The van der Waals surface area contributed by atoms with E-state index in [2.05, 4.69) is 17.2 Å². The van der Waals surface area contributed by atoms with Gasteiger partial charge in [0, 0.05) is 18.5 Å². The van der Waals surface area contributed by atoms with Crippen molar-refractivity contribution in [3.8, 4) is 17.9 Å². The summed E-state index contributed by atoms with van der Waals surface area (Å²) in [5.74, 6) is 5.09. The number of carbonyl (C=O) groups excluding carboxylic acids is 1. The molecule has 110 valence electrons. The maximum atomic E-state index is 13.1. The van der Waals surface area contributed by atoms with Gasteiger partial charge in [0.05, 0.1) is 5.56 Å². The van der Waals surface area contributed by atoms with Gasteiger partial charge in [0.15, 0.2) is 0 Å². The van der Waals surface area contributed by atoms with E-state index in [9.17, 15) is 9.18 Å². The fraction of sp³-hybridized carbons (Fsp3) is 0.375. The molecular formula is C16H17FN2O2. The third-order valence-electron chi connectivity index (χ3n) is 2.24. The molecule has 1 aromatic rings. The zero-order valence-electron chi connectivity index (χ0n) is 12.3. The van der Waals surface area contributed by atoms with Crippen LogP contribution in [0.15, 0.2) is 18.2 Å². The molecule has 0 saturated heterocycles. The van der Waals surface area contributed by atoms with Gasteiger partial charge in [-0.3, -0.25) is 0 Å². The van der Waals surface area contributed by atoms with E-state index in [0.29, 0.717) is 18.5 Å². The van der Waals surface area contributed by atoms with Gasteiger partial charge >= 0.3 is 6.09 Å². The van der Waals surface area contributed by atoms with Crippen molar-refractivity contribution in [3.05, 3.63) is 35.1 Å². The fourth-order valence-corrected chi connectivity index (χ4v) is 1.39. The number of hydrogen-bond donors (Lipinski definition) is 1. The second-order valence-electron chi connectivity index (χ2n) is 5.29. The van der Waals surface area contributed by atoms with E-state index in [4.69, 9.17) is 10.00 Å². The lowest BCUT2D eigenvalue weighted by atomic mass is 10.1. The zero-order chi connectivity index (χ0) is 15.9. The van der Waals surface area contributed by atoms with Gasteiger partial charge in [-0.15, -0.1) is 0 Å². The lowest BCUT2D eigenvalue weighted by Gasteiger charge is -2.19. The summed E-state index contributed by atoms with van der Waals surface area (Å²) < 4.78 is 18.2. The molecule has 21 heavy (non-hydrogen) atoms. The number of benzene rings is 1. The van der Waals surface area contributed by atoms with Gasteiger partial charge in [-0.2, -0.15) is 5.26 Å².